The minimum atomic E-state index is -1.59. The number of nitrogens with one attached hydrogen (secondary N) is 2. The molecule has 0 saturated heterocycles. The van der Waals surface area contributed by atoms with Gasteiger partial charge in [0.1, 0.15) is 0 Å². The van der Waals surface area contributed by atoms with Gasteiger partial charge in [-0.15, -0.1) is 0 Å². The number of benzene rings is 1. The average molecular weight is 266 g/mol. The van der Waals surface area contributed by atoms with Crippen molar-refractivity contribution in [2.75, 3.05) is 6.54 Å². The largest absolute Gasteiger partial charge is 0.479 e. The Balaban J connectivity index is 2.40. The number of carboxylic acid groups (broad SMARTS) is 1. The molecule has 0 aromatic heterocycles. The van der Waals surface area contributed by atoms with Crippen LogP contribution in [0.1, 0.15) is 18.1 Å². The Bertz CT molecular complexity index is 448. The van der Waals surface area contributed by atoms with Crippen molar-refractivity contribution in [3.05, 3.63) is 35.4 Å². The fourth-order valence-corrected chi connectivity index (χ4v) is 1.59. The zero-order chi connectivity index (χ0) is 14.3. The van der Waals surface area contributed by atoms with E-state index < -0.39 is 18.1 Å². The van der Waals surface area contributed by atoms with E-state index in [1.165, 1.54) is 0 Å². The van der Waals surface area contributed by atoms with Gasteiger partial charge in [-0.05, 0) is 17.5 Å². The predicted molar refractivity (Wildman–Crippen MR) is 69.7 cm³/mol. The summed E-state index contributed by atoms with van der Waals surface area (Å²) in [5.74, 6) is -1.36. The number of aliphatic carboxylic acids is 1. The predicted octanol–water partition coefficient (Wildman–Crippen LogP) is 0.494. The van der Waals surface area contributed by atoms with Crippen LogP contribution in [0.25, 0.3) is 0 Å². The van der Waals surface area contributed by atoms with Crippen LogP contribution in [0.4, 0.5) is 4.79 Å². The molecule has 1 unspecified atom stereocenters. The zero-order valence-corrected chi connectivity index (χ0v) is 10.7. The van der Waals surface area contributed by atoms with E-state index in [0.717, 1.165) is 17.5 Å². The highest BCUT2D eigenvalue weighted by atomic mass is 16.4. The van der Waals surface area contributed by atoms with E-state index in [9.17, 15) is 9.59 Å². The number of rotatable bonds is 6. The molecule has 0 saturated carbocycles. The summed E-state index contributed by atoms with van der Waals surface area (Å²) in [5.41, 5.74) is 2.16. The second kappa shape index (κ2) is 7.38. The lowest BCUT2D eigenvalue weighted by atomic mass is 10.1. The van der Waals surface area contributed by atoms with Crippen LogP contribution in [0.3, 0.4) is 0 Å². The van der Waals surface area contributed by atoms with Gasteiger partial charge in [0.15, 0.2) is 6.10 Å². The molecule has 0 aliphatic rings. The molecule has 0 aliphatic heterocycles. The number of hydrogen-bond acceptors (Lipinski definition) is 3. The van der Waals surface area contributed by atoms with Crippen molar-refractivity contribution in [2.24, 2.45) is 0 Å². The third-order valence-electron chi connectivity index (χ3n) is 2.68. The topological polar surface area (TPSA) is 98.7 Å². The van der Waals surface area contributed by atoms with Gasteiger partial charge in [-0.3, -0.25) is 0 Å². The van der Waals surface area contributed by atoms with Crippen molar-refractivity contribution < 1.29 is 19.8 Å². The van der Waals surface area contributed by atoms with Crippen LogP contribution in [0.5, 0.6) is 0 Å². The van der Waals surface area contributed by atoms with E-state index in [4.69, 9.17) is 10.2 Å². The van der Waals surface area contributed by atoms with Gasteiger partial charge in [-0.25, -0.2) is 9.59 Å². The fourth-order valence-electron chi connectivity index (χ4n) is 1.59. The van der Waals surface area contributed by atoms with Crippen LogP contribution in [-0.4, -0.2) is 34.9 Å². The number of carboxylic acids is 1. The second-order valence-electron chi connectivity index (χ2n) is 4.04. The number of carbonyl (C=O) groups excluding carboxylic acids is 1. The molecular weight excluding hydrogens is 248 g/mol. The van der Waals surface area contributed by atoms with Gasteiger partial charge in [-0.1, -0.05) is 31.2 Å². The Morgan fingerprint density at radius 2 is 1.84 bits per heavy atom. The minimum Gasteiger partial charge on any atom is -0.479 e. The Hall–Kier alpha value is -2.08. The lowest BCUT2D eigenvalue weighted by molar-refractivity contribution is -0.146. The van der Waals surface area contributed by atoms with Crippen molar-refractivity contribution in [1.82, 2.24) is 10.6 Å². The second-order valence-corrected chi connectivity index (χ2v) is 4.04. The standard InChI is InChI=1S/C13H18N2O4/c1-2-9-5-3-4-6-10(9)7-14-13(19)15-8-11(16)12(17)18/h3-6,11,16H,2,7-8H2,1H3,(H,17,18)(H2,14,15,19). The smallest absolute Gasteiger partial charge is 0.334 e. The number of amides is 2. The lowest BCUT2D eigenvalue weighted by Gasteiger charge is -2.11. The molecule has 6 nitrogen and oxygen atoms in total. The van der Waals surface area contributed by atoms with Crippen LogP contribution < -0.4 is 10.6 Å². The first-order valence-corrected chi connectivity index (χ1v) is 6.04. The molecule has 0 radical (unpaired) electrons. The molecule has 104 valence electrons. The molecule has 0 fully saturated rings. The quantitative estimate of drug-likeness (QED) is 0.602. The molecule has 4 N–H and O–H groups in total. The SMILES string of the molecule is CCc1ccccc1CNC(=O)NCC(O)C(=O)O. The van der Waals surface area contributed by atoms with Gasteiger partial charge in [0.25, 0.3) is 0 Å². The maximum atomic E-state index is 11.4. The summed E-state index contributed by atoms with van der Waals surface area (Å²) in [5, 5.41) is 22.4. The van der Waals surface area contributed by atoms with Crippen LogP contribution in [0.15, 0.2) is 24.3 Å². The van der Waals surface area contributed by atoms with Gasteiger partial charge in [0.2, 0.25) is 0 Å². The van der Waals surface area contributed by atoms with E-state index in [-0.39, 0.29) is 6.54 Å². The summed E-state index contributed by atoms with van der Waals surface area (Å²) >= 11 is 0. The first-order valence-electron chi connectivity index (χ1n) is 6.04. The number of carbonyl (C=O) groups is 2. The van der Waals surface area contributed by atoms with Crippen molar-refractivity contribution in [2.45, 2.75) is 26.0 Å². The molecule has 0 heterocycles. The fraction of sp³-hybridized carbons (Fsp3) is 0.385. The Morgan fingerprint density at radius 3 is 2.42 bits per heavy atom. The maximum absolute atomic E-state index is 11.4. The molecule has 1 atom stereocenters. The van der Waals surface area contributed by atoms with Gasteiger partial charge in [0, 0.05) is 6.54 Å². The molecule has 6 heteroatoms. The highest BCUT2D eigenvalue weighted by molar-refractivity contribution is 5.76. The first kappa shape index (κ1) is 15.0. The van der Waals surface area contributed by atoms with Gasteiger partial charge in [0.05, 0.1) is 6.54 Å². The highest BCUT2D eigenvalue weighted by Crippen LogP contribution is 2.08. The molecule has 1 rings (SSSR count). The zero-order valence-electron chi connectivity index (χ0n) is 10.7. The number of aliphatic hydroxyl groups is 1. The van der Waals surface area contributed by atoms with E-state index in [0.29, 0.717) is 6.54 Å². The van der Waals surface area contributed by atoms with Crippen molar-refractivity contribution in [3.8, 4) is 0 Å². The monoisotopic (exact) mass is 266 g/mol. The number of hydrogen-bond donors (Lipinski definition) is 4. The Kier molecular flexibility index (Phi) is 5.81. The molecule has 0 spiro atoms. The van der Waals surface area contributed by atoms with E-state index in [1.807, 2.05) is 31.2 Å². The Morgan fingerprint density at radius 1 is 1.21 bits per heavy atom. The van der Waals surface area contributed by atoms with E-state index in [1.54, 1.807) is 0 Å². The van der Waals surface area contributed by atoms with Gasteiger partial charge >= 0.3 is 12.0 Å². The first-order chi connectivity index (χ1) is 9.04. The lowest BCUT2D eigenvalue weighted by Crippen LogP contribution is -2.41. The summed E-state index contributed by atoms with van der Waals surface area (Å²) < 4.78 is 0. The average Bonchev–Trinajstić information content (AvgIpc) is 2.42. The molecule has 2 amide bonds. The minimum absolute atomic E-state index is 0.323. The van der Waals surface area contributed by atoms with Crippen molar-refractivity contribution >= 4 is 12.0 Å². The third kappa shape index (κ3) is 4.97. The summed E-state index contributed by atoms with van der Waals surface area (Å²) in [6, 6.07) is 7.23. The molecule has 1 aromatic rings. The molecule has 0 bridgehead atoms. The van der Waals surface area contributed by atoms with Crippen LogP contribution >= 0.6 is 0 Å². The molecule has 1 aromatic carbocycles. The van der Waals surface area contributed by atoms with E-state index >= 15 is 0 Å². The van der Waals surface area contributed by atoms with Crippen molar-refractivity contribution in [3.63, 3.8) is 0 Å². The normalized spacial score (nSPS) is 11.7. The van der Waals surface area contributed by atoms with Gasteiger partial charge < -0.3 is 20.8 Å². The molecule has 19 heavy (non-hydrogen) atoms. The van der Waals surface area contributed by atoms with Crippen molar-refractivity contribution in [1.29, 1.82) is 0 Å². The summed E-state index contributed by atoms with van der Waals surface area (Å²) in [7, 11) is 0. The maximum Gasteiger partial charge on any atom is 0.334 e. The number of urea groups is 1. The highest BCUT2D eigenvalue weighted by Gasteiger charge is 2.13. The number of aryl methyl sites for hydroxylation is 1. The van der Waals surface area contributed by atoms with E-state index in [2.05, 4.69) is 10.6 Å². The van der Waals surface area contributed by atoms with Crippen LogP contribution in [0, 0.1) is 0 Å². The summed E-state index contributed by atoms with van der Waals surface area (Å²) in [4.78, 5) is 21.8. The summed E-state index contributed by atoms with van der Waals surface area (Å²) in [6.45, 7) is 2.07. The van der Waals surface area contributed by atoms with Crippen LogP contribution in [0.2, 0.25) is 0 Å². The number of aliphatic hydroxyl groups excluding tert-OH is 1. The third-order valence-corrected chi connectivity index (χ3v) is 2.68. The van der Waals surface area contributed by atoms with Gasteiger partial charge in [-0.2, -0.15) is 0 Å². The molecule has 0 aliphatic carbocycles. The summed E-state index contributed by atoms with van der Waals surface area (Å²) in [6.07, 6.45) is -0.717. The van der Waals surface area contributed by atoms with Crippen LogP contribution in [-0.2, 0) is 17.8 Å². The molecular formula is C13H18N2O4. The Labute approximate surface area is 111 Å².